The van der Waals surface area contributed by atoms with Crippen molar-refractivity contribution < 1.29 is 13.9 Å². The average molecular weight is 296 g/mol. The predicted octanol–water partition coefficient (Wildman–Crippen LogP) is 2.18. The molecule has 1 fully saturated rings. The minimum Gasteiger partial charge on any atom is -0.383 e. The summed E-state index contributed by atoms with van der Waals surface area (Å²) in [5, 5.41) is 3.22. The third-order valence-corrected chi connectivity index (χ3v) is 3.64. The highest BCUT2D eigenvalue weighted by molar-refractivity contribution is 5.54. The van der Waals surface area contributed by atoms with E-state index in [0.29, 0.717) is 19.7 Å². The lowest BCUT2D eigenvalue weighted by Crippen LogP contribution is -2.46. The molecule has 118 valence electrons. The predicted molar refractivity (Wildman–Crippen MR) is 82.2 cm³/mol. The van der Waals surface area contributed by atoms with Crippen molar-refractivity contribution in [1.29, 1.82) is 0 Å². The van der Waals surface area contributed by atoms with Crippen LogP contribution in [0.25, 0.3) is 0 Å². The van der Waals surface area contributed by atoms with Crippen LogP contribution in [0.4, 0.5) is 10.1 Å². The number of morpholine rings is 1. The Labute approximate surface area is 126 Å². The topological polar surface area (TPSA) is 33.7 Å². The number of nitrogens with one attached hydrogen (secondary N) is 1. The van der Waals surface area contributed by atoms with Gasteiger partial charge in [-0.15, -0.1) is 0 Å². The summed E-state index contributed by atoms with van der Waals surface area (Å²) in [6.07, 6.45) is 0.317. The van der Waals surface area contributed by atoms with Gasteiger partial charge in [-0.25, -0.2) is 4.39 Å². The second-order valence-electron chi connectivity index (χ2n) is 5.57. The second kappa shape index (κ2) is 7.73. The van der Waals surface area contributed by atoms with E-state index in [1.165, 1.54) is 6.07 Å². The number of anilines is 1. The van der Waals surface area contributed by atoms with Crippen LogP contribution in [0, 0.1) is 5.82 Å². The molecular formula is C16H25FN2O2. The normalized spacial score (nSPS) is 22.6. The average Bonchev–Trinajstić information content (AvgIpc) is 2.43. The van der Waals surface area contributed by atoms with Gasteiger partial charge in [0, 0.05) is 44.5 Å². The summed E-state index contributed by atoms with van der Waals surface area (Å²) in [6, 6.07) is 5.28. The van der Waals surface area contributed by atoms with Gasteiger partial charge >= 0.3 is 0 Å². The molecule has 2 atom stereocenters. The monoisotopic (exact) mass is 296 g/mol. The molecule has 1 saturated heterocycles. The standard InChI is InChI=1S/C16H25FN2O2/c1-12-10-19(11-13(2)21-12)16-6-4-5-15(17)14(16)9-18-7-8-20-3/h4-6,12-13,18H,7-11H2,1-3H3. The summed E-state index contributed by atoms with van der Waals surface area (Å²) < 4.78 is 24.9. The van der Waals surface area contributed by atoms with E-state index in [4.69, 9.17) is 9.47 Å². The maximum absolute atomic E-state index is 14.2. The Morgan fingerprint density at radius 2 is 2.05 bits per heavy atom. The summed E-state index contributed by atoms with van der Waals surface area (Å²) in [4.78, 5) is 2.22. The van der Waals surface area contributed by atoms with Crippen LogP contribution in [0.15, 0.2) is 18.2 Å². The van der Waals surface area contributed by atoms with Crippen LogP contribution in [0.1, 0.15) is 19.4 Å². The quantitative estimate of drug-likeness (QED) is 0.816. The molecule has 2 rings (SSSR count). The van der Waals surface area contributed by atoms with Crippen LogP contribution in [0.5, 0.6) is 0 Å². The molecule has 1 aromatic rings. The number of ether oxygens (including phenoxy) is 2. The highest BCUT2D eigenvalue weighted by atomic mass is 19.1. The fourth-order valence-electron chi connectivity index (χ4n) is 2.78. The molecule has 1 heterocycles. The van der Waals surface area contributed by atoms with Crippen LogP contribution in [0.2, 0.25) is 0 Å². The molecule has 5 heteroatoms. The molecular weight excluding hydrogens is 271 g/mol. The lowest BCUT2D eigenvalue weighted by Gasteiger charge is -2.38. The van der Waals surface area contributed by atoms with Gasteiger partial charge in [-0.05, 0) is 26.0 Å². The Balaban J connectivity index is 2.12. The Morgan fingerprint density at radius 1 is 1.33 bits per heavy atom. The number of methoxy groups -OCH3 is 1. The molecule has 4 nitrogen and oxygen atoms in total. The zero-order valence-electron chi connectivity index (χ0n) is 13.1. The van der Waals surface area contributed by atoms with Gasteiger partial charge in [0.25, 0.3) is 0 Å². The smallest absolute Gasteiger partial charge is 0.129 e. The molecule has 0 aromatic heterocycles. The fourth-order valence-corrected chi connectivity index (χ4v) is 2.78. The van der Waals surface area contributed by atoms with Crippen LogP contribution in [-0.4, -0.2) is 45.6 Å². The number of hydrogen-bond acceptors (Lipinski definition) is 4. The number of benzene rings is 1. The van der Waals surface area contributed by atoms with Crippen molar-refractivity contribution in [3.05, 3.63) is 29.6 Å². The molecule has 0 bridgehead atoms. The summed E-state index contributed by atoms with van der Waals surface area (Å²) in [5.41, 5.74) is 1.68. The third-order valence-electron chi connectivity index (χ3n) is 3.64. The first kappa shape index (κ1) is 16.2. The van der Waals surface area contributed by atoms with E-state index in [2.05, 4.69) is 24.1 Å². The maximum atomic E-state index is 14.2. The van der Waals surface area contributed by atoms with Crippen LogP contribution in [-0.2, 0) is 16.0 Å². The van der Waals surface area contributed by atoms with Gasteiger partial charge in [-0.3, -0.25) is 0 Å². The van der Waals surface area contributed by atoms with Gasteiger partial charge in [0.05, 0.1) is 18.8 Å². The zero-order valence-corrected chi connectivity index (χ0v) is 13.1. The van der Waals surface area contributed by atoms with Crippen molar-refractivity contribution in [1.82, 2.24) is 5.32 Å². The largest absolute Gasteiger partial charge is 0.383 e. The third kappa shape index (κ3) is 4.40. The van der Waals surface area contributed by atoms with Crippen molar-refractivity contribution >= 4 is 5.69 Å². The van der Waals surface area contributed by atoms with Crippen molar-refractivity contribution in [2.24, 2.45) is 0 Å². The van der Waals surface area contributed by atoms with E-state index in [1.54, 1.807) is 13.2 Å². The van der Waals surface area contributed by atoms with Gasteiger partial charge in [-0.2, -0.15) is 0 Å². The highest BCUT2D eigenvalue weighted by Gasteiger charge is 2.24. The Bertz CT molecular complexity index is 446. The molecule has 1 aliphatic rings. The molecule has 0 radical (unpaired) electrons. The molecule has 1 N–H and O–H groups in total. The minimum absolute atomic E-state index is 0.159. The summed E-state index contributed by atoms with van der Waals surface area (Å²) in [6.45, 7) is 7.52. The lowest BCUT2D eigenvalue weighted by atomic mass is 10.1. The van der Waals surface area contributed by atoms with Crippen LogP contribution in [0.3, 0.4) is 0 Å². The van der Waals surface area contributed by atoms with E-state index in [1.807, 2.05) is 6.07 Å². The van der Waals surface area contributed by atoms with E-state index < -0.39 is 0 Å². The first-order chi connectivity index (χ1) is 10.1. The van der Waals surface area contributed by atoms with Gasteiger partial charge in [0.1, 0.15) is 5.82 Å². The lowest BCUT2D eigenvalue weighted by molar-refractivity contribution is -0.00528. The Hall–Kier alpha value is -1.17. The molecule has 0 aliphatic carbocycles. The van der Waals surface area contributed by atoms with Crippen LogP contribution < -0.4 is 10.2 Å². The molecule has 1 aliphatic heterocycles. The van der Waals surface area contributed by atoms with Crippen molar-refractivity contribution in [3.8, 4) is 0 Å². The zero-order chi connectivity index (χ0) is 15.2. The molecule has 1 aromatic carbocycles. The second-order valence-corrected chi connectivity index (χ2v) is 5.57. The summed E-state index contributed by atoms with van der Waals surface area (Å²) >= 11 is 0. The number of halogens is 1. The molecule has 0 spiro atoms. The Kier molecular flexibility index (Phi) is 5.96. The molecule has 21 heavy (non-hydrogen) atoms. The molecule has 2 unspecified atom stereocenters. The van der Waals surface area contributed by atoms with Gasteiger partial charge in [0.2, 0.25) is 0 Å². The van der Waals surface area contributed by atoms with E-state index in [9.17, 15) is 4.39 Å². The maximum Gasteiger partial charge on any atom is 0.129 e. The molecule has 0 amide bonds. The van der Waals surface area contributed by atoms with E-state index in [0.717, 1.165) is 24.3 Å². The highest BCUT2D eigenvalue weighted by Crippen LogP contribution is 2.26. The SMILES string of the molecule is COCCNCc1c(F)cccc1N1CC(C)OC(C)C1. The summed E-state index contributed by atoms with van der Waals surface area (Å²) in [5.74, 6) is -0.163. The molecule has 0 saturated carbocycles. The van der Waals surface area contributed by atoms with Gasteiger partial charge < -0.3 is 19.7 Å². The van der Waals surface area contributed by atoms with E-state index >= 15 is 0 Å². The van der Waals surface area contributed by atoms with Crippen LogP contribution >= 0.6 is 0 Å². The minimum atomic E-state index is -0.163. The van der Waals surface area contributed by atoms with Gasteiger partial charge in [0.15, 0.2) is 0 Å². The van der Waals surface area contributed by atoms with Crippen molar-refractivity contribution in [3.63, 3.8) is 0 Å². The number of nitrogens with zero attached hydrogens (tertiary/aromatic N) is 1. The Morgan fingerprint density at radius 3 is 2.71 bits per heavy atom. The van der Waals surface area contributed by atoms with E-state index in [-0.39, 0.29) is 18.0 Å². The number of hydrogen-bond donors (Lipinski definition) is 1. The first-order valence-electron chi connectivity index (χ1n) is 7.49. The number of rotatable bonds is 6. The first-order valence-corrected chi connectivity index (χ1v) is 7.49. The van der Waals surface area contributed by atoms with Gasteiger partial charge in [-0.1, -0.05) is 6.07 Å². The van der Waals surface area contributed by atoms with Crippen molar-refractivity contribution in [2.75, 3.05) is 38.3 Å². The van der Waals surface area contributed by atoms with Crippen molar-refractivity contribution in [2.45, 2.75) is 32.6 Å². The fraction of sp³-hybridized carbons (Fsp3) is 0.625. The summed E-state index contributed by atoms with van der Waals surface area (Å²) in [7, 11) is 1.66.